The van der Waals surface area contributed by atoms with E-state index in [0.29, 0.717) is 29.2 Å². The molecule has 0 saturated heterocycles. The second-order valence-electron chi connectivity index (χ2n) is 7.78. The highest BCUT2D eigenvalue weighted by Gasteiger charge is 2.36. The predicted octanol–water partition coefficient (Wildman–Crippen LogP) is 5.64. The van der Waals surface area contributed by atoms with Gasteiger partial charge in [-0.2, -0.15) is 4.98 Å². The molecular weight excluding hydrogens is 444 g/mol. The molecule has 1 aliphatic carbocycles. The van der Waals surface area contributed by atoms with E-state index in [9.17, 15) is 4.79 Å². The molecule has 1 unspecified atom stereocenters. The molecular formula is C24H23ClN4O2S. The number of halogens is 1. The van der Waals surface area contributed by atoms with Crippen LogP contribution in [0.15, 0.2) is 65.0 Å². The van der Waals surface area contributed by atoms with E-state index in [2.05, 4.69) is 17.2 Å². The van der Waals surface area contributed by atoms with Crippen molar-refractivity contribution in [3.05, 3.63) is 76.0 Å². The number of Topliss-reactive ketones (excluding diaryl/α,β-unsaturated/α-hetero) is 1. The maximum absolute atomic E-state index is 12.9. The molecule has 2 heterocycles. The first kappa shape index (κ1) is 21.1. The monoisotopic (exact) mass is 466 g/mol. The Bertz CT molecular complexity index is 1190. The molecule has 2 aromatic carbocycles. The van der Waals surface area contributed by atoms with Crippen molar-refractivity contribution in [2.45, 2.75) is 44.0 Å². The van der Waals surface area contributed by atoms with Gasteiger partial charge in [0.2, 0.25) is 11.1 Å². The number of ether oxygens (including phenoxy) is 1. The number of benzene rings is 2. The van der Waals surface area contributed by atoms with Crippen molar-refractivity contribution in [3.8, 4) is 5.75 Å². The minimum atomic E-state index is -0.283. The number of carbonyl (C=O) groups is 1. The van der Waals surface area contributed by atoms with E-state index in [1.54, 1.807) is 11.8 Å². The third kappa shape index (κ3) is 4.14. The number of anilines is 1. The summed E-state index contributed by atoms with van der Waals surface area (Å²) in [4.78, 5) is 17.6. The molecule has 0 amide bonds. The van der Waals surface area contributed by atoms with Gasteiger partial charge in [0.25, 0.3) is 0 Å². The molecule has 0 fully saturated rings. The molecule has 1 atom stereocenters. The first-order chi connectivity index (χ1) is 15.6. The van der Waals surface area contributed by atoms with Crippen LogP contribution in [-0.2, 0) is 11.4 Å². The summed E-state index contributed by atoms with van der Waals surface area (Å²) in [5.41, 5.74) is 3.77. The number of nitrogens with one attached hydrogen (secondary N) is 1. The Morgan fingerprint density at radius 2 is 2.06 bits per heavy atom. The number of hydrogen-bond donors (Lipinski definition) is 1. The van der Waals surface area contributed by atoms with Crippen LogP contribution in [0.4, 0.5) is 5.95 Å². The fraction of sp³-hybridized carbons (Fsp3) is 0.292. The van der Waals surface area contributed by atoms with Crippen LogP contribution in [0.1, 0.15) is 43.4 Å². The first-order valence-corrected chi connectivity index (χ1v) is 12.1. The average molecular weight is 467 g/mol. The van der Waals surface area contributed by atoms with Crippen LogP contribution < -0.4 is 10.1 Å². The molecule has 164 valence electrons. The molecule has 1 aliphatic heterocycles. The van der Waals surface area contributed by atoms with Crippen LogP contribution in [0.2, 0.25) is 5.02 Å². The van der Waals surface area contributed by atoms with Crippen LogP contribution in [-0.4, -0.2) is 26.3 Å². The SMILES string of the molecule is CCSc1nc2n(n1)C(c1ccc(OCc3cccc(Cl)c3)cc1)C1=C(CCCC1=O)N2. The van der Waals surface area contributed by atoms with Crippen molar-refractivity contribution >= 4 is 35.1 Å². The van der Waals surface area contributed by atoms with Crippen LogP contribution in [0, 0.1) is 0 Å². The Morgan fingerprint density at radius 3 is 2.84 bits per heavy atom. The Hall–Kier alpha value is -2.77. The molecule has 0 radical (unpaired) electrons. The number of nitrogens with zero attached hydrogens (tertiary/aromatic N) is 3. The van der Waals surface area contributed by atoms with Crippen molar-refractivity contribution in [2.24, 2.45) is 0 Å². The number of thioether (sulfide) groups is 1. The molecule has 1 N–H and O–H groups in total. The Kier molecular flexibility index (Phi) is 5.93. The molecule has 0 bridgehead atoms. The Labute approximate surface area is 196 Å². The summed E-state index contributed by atoms with van der Waals surface area (Å²) in [5.74, 6) is 2.52. The number of aromatic nitrogens is 3. The largest absolute Gasteiger partial charge is 0.489 e. The zero-order valence-electron chi connectivity index (χ0n) is 17.7. The van der Waals surface area contributed by atoms with Gasteiger partial charge in [-0.3, -0.25) is 4.79 Å². The smallest absolute Gasteiger partial charge is 0.227 e. The van der Waals surface area contributed by atoms with E-state index in [0.717, 1.165) is 46.7 Å². The van der Waals surface area contributed by atoms with Gasteiger partial charge in [-0.15, -0.1) is 5.10 Å². The molecule has 8 heteroatoms. The zero-order chi connectivity index (χ0) is 22.1. The maximum Gasteiger partial charge on any atom is 0.227 e. The van der Waals surface area contributed by atoms with Crippen molar-refractivity contribution in [2.75, 3.05) is 11.1 Å². The first-order valence-electron chi connectivity index (χ1n) is 10.7. The molecule has 32 heavy (non-hydrogen) atoms. The number of ketones is 1. The van der Waals surface area contributed by atoms with E-state index in [1.807, 2.05) is 53.2 Å². The fourth-order valence-corrected chi connectivity index (χ4v) is 4.94. The Balaban J connectivity index is 1.44. The lowest BCUT2D eigenvalue weighted by molar-refractivity contribution is -0.116. The van der Waals surface area contributed by atoms with Crippen LogP contribution in [0.5, 0.6) is 5.75 Å². The lowest BCUT2D eigenvalue weighted by atomic mass is 9.85. The Morgan fingerprint density at radius 1 is 1.22 bits per heavy atom. The normalized spacial score (nSPS) is 17.6. The van der Waals surface area contributed by atoms with E-state index in [-0.39, 0.29) is 11.8 Å². The van der Waals surface area contributed by atoms with Gasteiger partial charge >= 0.3 is 0 Å². The summed E-state index contributed by atoms with van der Waals surface area (Å²) < 4.78 is 7.78. The van der Waals surface area contributed by atoms with Gasteiger partial charge in [0, 0.05) is 22.7 Å². The van der Waals surface area contributed by atoms with E-state index in [4.69, 9.17) is 21.4 Å². The lowest BCUT2D eigenvalue weighted by Gasteiger charge is -2.32. The summed E-state index contributed by atoms with van der Waals surface area (Å²) >= 11 is 7.65. The van der Waals surface area contributed by atoms with Gasteiger partial charge in [-0.25, -0.2) is 4.68 Å². The second-order valence-corrected chi connectivity index (χ2v) is 9.45. The molecule has 1 aromatic heterocycles. The van der Waals surface area contributed by atoms with Crippen LogP contribution in [0.3, 0.4) is 0 Å². The summed E-state index contributed by atoms with van der Waals surface area (Å²) in [6.07, 6.45) is 2.28. The predicted molar refractivity (Wildman–Crippen MR) is 126 cm³/mol. The standard InChI is InChI=1S/C24H23ClN4O2S/c1-2-32-24-27-23-26-19-7-4-8-20(30)21(19)22(29(23)28-24)16-9-11-18(12-10-16)31-14-15-5-3-6-17(25)13-15/h3,5-6,9-13,22H,2,4,7-8,14H2,1H3,(H,26,27,28). The number of fused-ring (bicyclic) bond motifs is 1. The van der Waals surface area contributed by atoms with Gasteiger partial charge in [0.15, 0.2) is 5.78 Å². The number of allylic oxidation sites excluding steroid dienone is 2. The van der Waals surface area contributed by atoms with Crippen molar-refractivity contribution in [1.82, 2.24) is 14.8 Å². The summed E-state index contributed by atoms with van der Waals surface area (Å²) in [7, 11) is 0. The zero-order valence-corrected chi connectivity index (χ0v) is 19.2. The molecule has 6 nitrogen and oxygen atoms in total. The summed E-state index contributed by atoms with van der Waals surface area (Å²) in [6.45, 7) is 2.51. The molecule has 2 aliphatic rings. The minimum Gasteiger partial charge on any atom is -0.489 e. The van der Waals surface area contributed by atoms with Gasteiger partial charge in [-0.1, -0.05) is 54.6 Å². The summed E-state index contributed by atoms with van der Waals surface area (Å²) in [6, 6.07) is 15.2. The van der Waals surface area contributed by atoms with Crippen LogP contribution >= 0.6 is 23.4 Å². The molecule has 0 saturated carbocycles. The number of carbonyl (C=O) groups excluding carboxylic acids is 1. The molecule has 3 aromatic rings. The maximum atomic E-state index is 12.9. The van der Waals surface area contributed by atoms with Gasteiger partial charge < -0.3 is 10.1 Å². The van der Waals surface area contributed by atoms with Gasteiger partial charge in [0.1, 0.15) is 18.4 Å². The summed E-state index contributed by atoms with van der Waals surface area (Å²) in [5, 5.41) is 9.48. The van der Waals surface area contributed by atoms with Gasteiger partial charge in [0.05, 0.1) is 0 Å². The third-order valence-electron chi connectivity index (χ3n) is 5.61. The van der Waals surface area contributed by atoms with E-state index >= 15 is 0 Å². The van der Waals surface area contributed by atoms with E-state index < -0.39 is 0 Å². The topological polar surface area (TPSA) is 69.0 Å². The minimum absolute atomic E-state index is 0.177. The average Bonchev–Trinajstić information content (AvgIpc) is 3.19. The second kappa shape index (κ2) is 9.00. The van der Waals surface area contributed by atoms with Crippen molar-refractivity contribution in [3.63, 3.8) is 0 Å². The van der Waals surface area contributed by atoms with E-state index in [1.165, 1.54) is 0 Å². The van der Waals surface area contributed by atoms with Crippen molar-refractivity contribution < 1.29 is 9.53 Å². The molecule has 0 spiro atoms. The fourth-order valence-electron chi connectivity index (χ4n) is 4.17. The third-order valence-corrected chi connectivity index (χ3v) is 6.57. The highest BCUT2D eigenvalue weighted by Crippen LogP contribution is 2.40. The number of rotatable bonds is 6. The lowest BCUT2D eigenvalue weighted by Crippen LogP contribution is -2.31. The van der Waals surface area contributed by atoms with Gasteiger partial charge in [-0.05, 0) is 54.0 Å². The molecule has 5 rings (SSSR count). The highest BCUT2D eigenvalue weighted by molar-refractivity contribution is 7.99. The van der Waals surface area contributed by atoms with Crippen molar-refractivity contribution in [1.29, 1.82) is 0 Å². The number of hydrogen-bond acceptors (Lipinski definition) is 6. The highest BCUT2D eigenvalue weighted by atomic mass is 35.5. The van der Waals surface area contributed by atoms with Crippen LogP contribution in [0.25, 0.3) is 0 Å². The quantitative estimate of drug-likeness (QED) is 0.474.